The van der Waals surface area contributed by atoms with E-state index in [1.165, 1.54) is 17.0 Å². The standard InChI is InChI=1S/C22H21ClFN3O3/c1-26(12-15-17(23)5-3-6-18(15)24)22(28)16-13-27(2)25-21(16)14-7-8-19-20(11-14)30-10-4-9-29-19/h3,5-8,11,13H,4,9-10,12H2,1-2H3. The Bertz CT molecular complexity index is 1080. The predicted octanol–water partition coefficient (Wildman–Crippen LogP) is 4.31. The van der Waals surface area contributed by atoms with Crippen molar-refractivity contribution >= 4 is 17.5 Å². The van der Waals surface area contributed by atoms with Crippen molar-refractivity contribution < 1.29 is 18.7 Å². The first kappa shape index (κ1) is 20.2. The highest BCUT2D eigenvalue weighted by molar-refractivity contribution is 6.31. The fourth-order valence-electron chi connectivity index (χ4n) is 3.37. The van der Waals surface area contributed by atoms with Crippen molar-refractivity contribution in [1.82, 2.24) is 14.7 Å². The average molecular weight is 430 g/mol. The number of nitrogens with zero attached hydrogens (tertiary/aromatic N) is 3. The van der Waals surface area contributed by atoms with Crippen molar-refractivity contribution in [2.24, 2.45) is 7.05 Å². The molecule has 30 heavy (non-hydrogen) atoms. The molecule has 156 valence electrons. The number of hydrogen-bond acceptors (Lipinski definition) is 4. The number of amides is 1. The third-order valence-corrected chi connectivity index (χ3v) is 5.24. The van der Waals surface area contributed by atoms with Crippen LogP contribution in [0.3, 0.4) is 0 Å². The van der Waals surface area contributed by atoms with E-state index in [0.29, 0.717) is 36.0 Å². The Labute approximate surface area is 178 Å². The first-order valence-corrected chi connectivity index (χ1v) is 9.94. The summed E-state index contributed by atoms with van der Waals surface area (Å²) in [6, 6.07) is 9.96. The molecule has 4 rings (SSSR count). The molecule has 1 aliphatic rings. The number of halogens is 2. The number of carbonyl (C=O) groups is 1. The highest BCUT2D eigenvalue weighted by Crippen LogP contribution is 2.35. The molecule has 0 atom stereocenters. The van der Waals surface area contributed by atoms with Gasteiger partial charge in [-0.25, -0.2) is 4.39 Å². The quantitative estimate of drug-likeness (QED) is 0.620. The minimum absolute atomic E-state index is 0.0415. The van der Waals surface area contributed by atoms with Crippen LogP contribution >= 0.6 is 11.6 Å². The zero-order valence-corrected chi connectivity index (χ0v) is 17.4. The number of ether oxygens (including phenoxy) is 2. The molecule has 0 radical (unpaired) electrons. The van der Waals surface area contributed by atoms with E-state index >= 15 is 0 Å². The van der Waals surface area contributed by atoms with Gasteiger partial charge in [-0.2, -0.15) is 5.10 Å². The van der Waals surface area contributed by atoms with Gasteiger partial charge >= 0.3 is 0 Å². The van der Waals surface area contributed by atoms with E-state index in [0.717, 1.165) is 12.0 Å². The molecule has 8 heteroatoms. The van der Waals surface area contributed by atoms with Crippen LogP contribution in [-0.4, -0.2) is 40.8 Å². The molecule has 2 heterocycles. The molecule has 0 fully saturated rings. The minimum Gasteiger partial charge on any atom is -0.490 e. The summed E-state index contributed by atoms with van der Waals surface area (Å²) in [7, 11) is 3.35. The summed E-state index contributed by atoms with van der Waals surface area (Å²) in [4.78, 5) is 14.6. The number of carbonyl (C=O) groups excluding carboxylic acids is 1. The molecule has 0 N–H and O–H groups in total. The Balaban J connectivity index is 1.65. The number of aromatic nitrogens is 2. The summed E-state index contributed by atoms with van der Waals surface area (Å²) in [6.07, 6.45) is 2.46. The molecule has 0 saturated carbocycles. The molecule has 0 aliphatic carbocycles. The largest absolute Gasteiger partial charge is 0.490 e. The van der Waals surface area contributed by atoms with Crippen LogP contribution in [0.2, 0.25) is 5.02 Å². The lowest BCUT2D eigenvalue weighted by Crippen LogP contribution is -2.27. The highest BCUT2D eigenvalue weighted by atomic mass is 35.5. The zero-order chi connectivity index (χ0) is 21.3. The molecule has 0 saturated heterocycles. The Morgan fingerprint density at radius 2 is 2.00 bits per heavy atom. The molecule has 0 unspecified atom stereocenters. The van der Waals surface area contributed by atoms with Gasteiger partial charge in [0.05, 0.1) is 18.8 Å². The summed E-state index contributed by atoms with van der Waals surface area (Å²) < 4.78 is 27.2. The zero-order valence-electron chi connectivity index (χ0n) is 16.7. The lowest BCUT2D eigenvalue weighted by atomic mass is 10.1. The van der Waals surface area contributed by atoms with Crippen LogP contribution in [0.4, 0.5) is 4.39 Å². The number of rotatable bonds is 4. The Morgan fingerprint density at radius 3 is 2.77 bits per heavy atom. The summed E-state index contributed by atoms with van der Waals surface area (Å²) in [6.45, 7) is 1.21. The van der Waals surface area contributed by atoms with Crippen molar-refractivity contribution in [3.05, 3.63) is 64.6 Å². The topological polar surface area (TPSA) is 56.6 Å². The molecular weight excluding hydrogens is 409 g/mol. The number of benzene rings is 2. The van der Waals surface area contributed by atoms with Gasteiger partial charge in [-0.05, 0) is 30.3 Å². The lowest BCUT2D eigenvalue weighted by molar-refractivity contribution is 0.0784. The van der Waals surface area contributed by atoms with Gasteiger partial charge in [-0.1, -0.05) is 17.7 Å². The predicted molar refractivity (Wildman–Crippen MR) is 111 cm³/mol. The van der Waals surface area contributed by atoms with Crippen molar-refractivity contribution in [3.8, 4) is 22.8 Å². The van der Waals surface area contributed by atoms with E-state index < -0.39 is 5.82 Å². The third kappa shape index (κ3) is 3.98. The maximum absolute atomic E-state index is 14.2. The van der Waals surface area contributed by atoms with Gasteiger partial charge < -0.3 is 14.4 Å². The van der Waals surface area contributed by atoms with Crippen molar-refractivity contribution in [1.29, 1.82) is 0 Å². The first-order chi connectivity index (χ1) is 14.4. The molecule has 3 aromatic rings. The Kier molecular flexibility index (Phi) is 5.63. The van der Waals surface area contributed by atoms with Crippen LogP contribution in [-0.2, 0) is 13.6 Å². The highest BCUT2D eigenvalue weighted by Gasteiger charge is 2.23. The van der Waals surface area contributed by atoms with E-state index in [1.54, 1.807) is 31.0 Å². The number of fused-ring (bicyclic) bond motifs is 1. The van der Waals surface area contributed by atoms with E-state index in [4.69, 9.17) is 21.1 Å². The van der Waals surface area contributed by atoms with Crippen LogP contribution < -0.4 is 9.47 Å². The normalized spacial score (nSPS) is 13.1. The third-order valence-electron chi connectivity index (χ3n) is 4.88. The van der Waals surface area contributed by atoms with Crippen LogP contribution in [0.15, 0.2) is 42.6 Å². The summed E-state index contributed by atoms with van der Waals surface area (Å²) in [5.41, 5.74) is 1.93. The molecule has 6 nitrogen and oxygen atoms in total. The summed E-state index contributed by atoms with van der Waals surface area (Å²) >= 11 is 6.12. The van der Waals surface area contributed by atoms with Gasteiger partial charge in [0.25, 0.3) is 5.91 Å². The molecule has 0 spiro atoms. The SMILES string of the molecule is CN(Cc1c(F)cccc1Cl)C(=O)c1cn(C)nc1-c1ccc2c(c1)OCCCO2. The molecular formula is C22H21ClFN3O3. The van der Waals surface area contributed by atoms with Gasteiger partial charge in [-0.15, -0.1) is 0 Å². The monoisotopic (exact) mass is 429 g/mol. The van der Waals surface area contributed by atoms with Gasteiger partial charge in [0.1, 0.15) is 11.5 Å². The van der Waals surface area contributed by atoms with Crippen LogP contribution in [0.5, 0.6) is 11.5 Å². The van der Waals surface area contributed by atoms with Crippen molar-refractivity contribution in [2.45, 2.75) is 13.0 Å². The van der Waals surface area contributed by atoms with E-state index in [9.17, 15) is 9.18 Å². The smallest absolute Gasteiger partial charge is 0.257 e. The maximum atomic E-state index is 14.2. The van der Waals surface area contributed by atoms with Crippen molar-refractivity contribution in [3.63, 3.8) is 0 Å². The van der Waals surface area contributed by atoms with Crippen LogP contribution in [0.1, 0.15) is 22.3 Å². The van der Waals surface area contributed by atoms with Gasteiger partial charge in [0.2, 0.25) is 0 Å². The maximum Gasteiger partial charge on any atom is 0.257 e. The fraction of sp³-hybridized carbons (Fsp3) is 0.273. The lowest BCUT2D eigenvalue weighted by Gasteiger charge is -2.18. The van der Waals surface area contributed by atoms with Crippen LogP contribution in [0, 0.1) is 5.82 Å². The van der Waals surface area contributed by atoms with Crippen LogP contribution in [0.25, 0.3) is 11.3 Å². The number of aryl methyl sites for hydroxylation is 1. The average Bonchev–Trinajstić information content (AvgIpc) is 2.96. The Morgan fingerprint density at radius 1 is 1.23 bits per heavy atom. The van der Waals surface area contributed by atoms with Gasteiger partial charge in [-0.3, -0.25) is 9.48 Å². The first-order valence-electron chi connectivity index (χ1n) is 9.56. The van der Waals surface area contributed by atoms with E-state index in [1.807, 2.05) is 18.2 Å². The second kappa shape index (κ2) is 8.36. The summed E-state index contributed by atoms with van der Waals surface area (Å²) in [5, 5.41) is 4.75. The molecule has 1 aromatic heterocycles. The number of hydrogen-bond donors (Lipinski definition) is 0. The van der Waals surface area contributed by atoms with Gasteiger partial charge in [0, 0.05) is 49.4 Å². The minimum atomic E-state index is -0.448. The second-order valence-corrected chi connectivity index (χ2v) is 7.55. The Hall–Kier alpha value is -3.06. The molecule has 1 aliphatic heterocycles. The van der Waals surface area contributed by atoms with Crippen molar-refractivity contribution in [2.75, 3.05) is 20.3 Å². The fourth-order valence-corrected chi connectivity index (χ4v) is 3.59. The summed E-state index contributed by atoms with van der Waals surface area (Å²) in [5.74, 6) is 0.563. The molecule has 0 bridgehead atoms. The van der Waals surface area contributed by atoms with E-state index in [-0.39, 0.29) is 23.0 Å². The second-order valence-electron chi connectivity index (χ2n) is 7.14. The van der Waals surface area contributed by atoms with E-state index in [2.05, 4.69) is 5.10 Å². The molecule has 2 aromatic carbocycles. The molecule has 1 amide bonds. The van der Waals surface area contributed by atoms with Gasteiger partial charge in [0.15, 0.2) is 11.5 Å².